The molecule has 116 valence electrons. The van der Waals surface area contributed by atoms with Crippen molar-refractivity contribution in [2.75, 3.05) is 6.54 Å². The Kier molecular flexibility index (Phi) is 4.04. The quantitative estimate of drug-likeness (QED) is 0.727. The van der Waals surface area contributed by atoms with Crippen LogP contribution in [-0.2, 0) is 6.42 Å². The minimum atomic E-state index is -0.551. The summed E-state index contributed by atoms with van der Waals surface area (Å²) in [5.74, 6) is -0.998. The standard InChI is InChI=1S/C18H15FN2O2/c19-16-11(7-9-20)3-1-6-15(16)17(22)13-4-2-5-14-12(13)8-10-21-18(14)23/h1-6,8,10H,7,9,20H2,(H,21,23). The molecule has 0 radical (unpaired) electrons. The van der Waals surface area contributed by atoms with Crippen LogP contribution in [0.25, 0.3) is 10.8 Å². The third kappa shape index (κ3) is 2.66. The van der Waals surface area contributed by atoms with Crippen LogP contribution in [0.2, 0.25) is 0 Å². The highest BCUT2D eigenvalue weighted by Crippen LogP contribution is 2.22. The Morgan fingerprint density at radius 3 is 2.57 bits per heavy atom. The molecule has 4 nitrogen and oxygen atoms in total. The number of hydrogen-bond acceptors (Lipinski definition) is 3. The van der Waals surface area contributed by atoms with Gasteiger partial charge in [-0.05, 0) is 42.1 Å². The molecule has 0 saturated carbocycles. The number of ketones is 1. The summed E-state index contributed by atoms with van der Waals surface area (Å²) in [6.07, 6.45) is 1.84. The molecule has 2 aromatic carbocycles. The Hall–Kier alpha value is -2.79. The molecule has 5 heteroatoms. The number of nitrogens with one attached hydrogen (secondary N) is 1. The lowest BCUT2D eigenvalue weighted by Crippen LogP contribution is -2.11. The summed E-state index contributed by atoms with van der Waals surface area (Å²) >= 11 is 0. The van der Waals surface area contributed by atoms with Crippen LogP contribution in [0, 0.1) is 5.82 Å². The van der Waals surface area contributed by atoms with E-state index >= 15 is 0 Å². The second-order valence-corrected chi connectivity index (χ2v) is 5.22. The Balaban J connectivity index is 2.17. The first kappa shape index (κ1) is 15.1. The summed E-state index contributed by atoms with van der Waals surface area (Å²) in [5, 5.41) is 0.904. The van der Waals surface area contributed by atoms with Gasteiger partial charge in [-0.2, -0.15) is 0 Å². The van der Waals surface area contributed by atoms with E-state index in [0.29, 0.717) is 34.9 Å². The van der Waals surface area contributed by atoms with E-state index in [1.807, 2.05) is 0 Å². The molecule has 1 heterocycles. The number of H-pyrrole nitrogens is 1. The van der Waals surface area contributed by atoms with Crippen LogP contribution in [-0.4, -0.2) is 17.3 Å². The van der Waals surface area contributed by atoms with Gasteiger partial charge in [0.05, 0.1) is 5.56 Å². The number of carbonyl (C=O) groups is 1. The van der Waals surface area contributed by atoms with Gasteiger partial charge in [0.25, 0.3) is 5.56 Å². The average molecular weight is 310 g/mol. The first-order valence-electron chi connectivity index (χ1n) is 7.26. The maximum absolute atomic E-state index is 14.5. The zero-order valence-electron chi connectivity index (χ0n) is 12.3. The summed E-state index contributed by atoms with van der Waals surface area (Å²) < 4.78 is 14.5. The highest BCUT2D eigenvalue weighted by atomic mass is 19.1. The van der Waals surface area contributed by atoms with Crippen molar-refractivity contribution >= 4 is 16.6 Å². The van der Waals surface area contributed by atoms with Gasteiger partial charge in [-0.25, -0.2) is 4.39 Å². The highest BCUT2D eigenvalue weighted by molar-refractivity contribution is 6.16. The lowest BCUT2D eigenvalue weighted by atomic mass is 9.96. The molecule has 0 aliphatic heterocycles. The number of benzene rings is 2. The monoisotopic (exact) mass is 310 g/mol. The van der Waals surface area contributed by atoms with E-state index in [1.165, 1.54) is 12.3 Å². The van der Waals surface area contributed by atoms with Crippen molar-refractivity contribution in [1.29, 1.82) is 0 Å². The van der Waals surface area contributed by atoms with Gasteiger partial charge in [-0.3, -0.25) is 9.59 Å². The molecule has 0 bridgehead atoms. The highest BCUT2D eigenvalue weighted by Gasteiger charge is 2.18. The van der Waals surface area contributed by atoms with Crippen molar-refractivity contribution < 1.29 is 9.18 Å². The van der Waals surface area contributed by atoms with Crippen molar-refractivity contribution in [3.63, 3.8) is 0 Å². The van der Waals surface area contributed by atoms with Gasteiger partial charge < -0.3 is 10.7 Å². The summed E-state index contributed by atoms with van der Waals surface area (Å²) in [6.45, 7) is 0.304. The molecule has 0 atom stereocenters. The largest absolute Gasteiger partial charge is 0.330 e. The summed E-state index contributed by atoms with van der Waals surface area (Å²) in [5.41, 5.74) is 5.89. The van der Waals surface area contributed by atoms with Gasteiger partial charge in [0, 0.05) is 17.1 Å². The van der Waals surface area contributed by atoms with Crippen LogP contribution in [0.5, 0.6) is 0 Å². The van der Waals surface area contributed by atoms with E-state index < -0.39 is 11.6 Å². The van der Waals surface area contributed by atoms with E-state index in [4.69, 9.17) is 5.73 Å². The number of pyridine rings is 1. The molecule has 3 aromatic rings. The molecule has 23 heavy (non-hydrogen) atoms. The van der Waals surface area contributed by atoms with Crippen LogP contribution < -0.4 is 11.3 Å². The maximum atomic E-state index is 14.5. The number of nitrogens with two attached hydrogens (primary N) is 1. The number of aromatic nitrogens is 1. The number of aromatic amines is 1. The molecule has 3 N–H and O–H groups in total. The average Bonchev–Trinajstić information content (AvgIpc) is 2.56. The fourth-order valence-corrected chi connectivity index (χ4v) is 2.67. The third-order valence-corrected chi connectivity index (χ3v) is 3.80. The molecule has 0 unspecified atom stereocenters. The molecule has 0 fully saturated rings. The van der Waals surface area contributed by atoms with Crippen LogP contribution in [0.4, 0.5) is 4.39 Å². The number of fused-ring (bicyclic) bond motifs is 1. The van der Waals surface area contributed by atoms with Gasteiger partial charge in [0.15, 0.2) is 5.78 Å². The van der Waals surface area contributed by atoms with Crippen LogP contribution in [0.3, 0.4) is 0 Å². The van der Waals surface area contributed by atoms with Crippen molar-refractivity contribution in [1.82, 2.24) is 4.98 Å². The zero-order valence-corrected chi connectivity index (χ0v) is 12.3. The molecular formula is C18H15FN2O2. The van der Waals surface area contributed by atoms with Crippen molar-refractivity contribution in [3.8, 4) is 0 Å². The number of rotatable bonds is 4. The molecule has 0 aliphatic carbocycles. The second kappa shape index (κ2) is 6.14. The molecule has 1 aromatic heterocycles. The first-order valence-corrected chi connectivity index (χ1v) is 7.26. The van der Waals surface area contributed by atoms with Gasteiger partial charge >= 0.3 is 0 Å². The van der Waals surface area contributed by atoms with Crippen molar-refractivity contribution in [2.45, 2.75) is 6.42 Å². The second-order valence-electron chi connectivity index (χ2n) is 5.22. The number of halogens is 1. The summed E-state index contributed by atoms with van der Waals surface area (Å²) in [6, 6.07) is 11.2. The lowest BCUT2D eigenvalue weighted by molar-refractivity contribution is 0.103. The van der Waals surface area contributed by atoms with Crippen LogP contribution in [0.1, 0.15) is 21.5 Å². The Morgan fingerprint density at radius 1 is 1.04 bits per heavy atom. The maximum Gasteiger partial charge on any atom is 0.255 e. The van der Waals surface area contributed by atoms with E-state index in [1.54, 1.807) is 36.4 Å². The van der Waals surface area contributed by atoms with Crippen LogP contribution in [0.15, 0.2) is 53.5 Å². The van der Waals surface area contributed by atoms with Gasteiger partial charge in [0.1, 0.15) is 5.82 Å². The first-order chi connectivity index (χ1) is 11.1. The Morgan fingerprint density at radius 2 is 1.78 bits per heavy atom. The van der Waals surface area contributed by atoms with Crippen LogP contribution >= 0.6 is 0 Å². The number of carbonyl (C=O) groups excluding carboxylic acids is 1. The summed E-state index contributed by atoms with van der Waals surface area (Å²) in [7, 11) is 0. The molecule has 0 aliphatic rings. The van der Waals surface area contributed by atoms with Gasteiger partial charge in [-0.15, -0.1) is 0 Å². The molecule has 0 amide bonds. The third-order valence-electron chi connectivity index (χ3n) is 3.80. The normalized spacial score (nSPS) is 10.9. The minimum absolute atomic E-state index is 0.0104. The fraction of sp³-hybridized carbons (Fsp3) is 0.111. The topological polar surface area (TPSA) is 76.0 Å². The predicted molar refractivity (Wildman–Crippen MR) is 87.2 cm³/mol. The lowest BCUT2D eigenvalue weighted by Gasteiger charge is -2.09. The van der Waals surface area contributed by atoms with Crippen molar-refractivity contribution in [3.05, 3.63) is 81.5 Å². The summed E-state index contributed by atoms with van der Waals surface area (Å²) in [4.78, 5) is 27.2. The van der Waals surface area contributed by atoms with E-state index in [9.17, 15) is 14.0 Å². The minimum Gasteiger partial charge on any atom is -0.330 e. The molecular weight excluding hydrogens is 295 g/mol. The SMILES string of the molecule is NCCc1cccc(C(=O)c2cccc3c(=O)[nH]ccc23)c1F. The van der Waals surface area contributed by atoms with Gasteiger partial charge in [0.2, 0.25) is 0 Å². The van der Waals surface area contributed by atoms with Gasteiger partial charge in [-0.1, -0.05) is 24.3 Å². The fourth-order valence-electron chi connectivity index (χ4n) is 2.67. The molecule has 3 rings (SSSR count). The van der Waals surface area contributed by atoms with E-state index in [-0.39, 0.29) is 11.1 Å². The van der Waals surface area contributed by atoms with E-state index in [0.717, 1.165) is 0 Å². The number of hydrogen-bond donors (Lipinski definition) is 2. The van der Waals surface area contributed by atoms with Crippen molar-refractivity contribution in [2.24, 2.45) is 5.73 Å². The zero-order chi connectivity index (χ0) is 16.4. The Bertz CT molecular complexity index is 947. The molecule has 0 spiro atoms. The predicted octanol–water partition coefficient (Wildman–Crippen LogP) is 2.40. The van der Waals surface area contributed by atoms with E-state index in [2.05, 4.69) is 4.98 Å². The molecule has 0 saturated heterocycles. The smallest absolute Gasteiger partial charge is 0.255 e. The Labute approximate surface area is 131 Å².